The van der Waals surface area contributed by atoms with Gasteiger partial charge >= 0.3 is 0 Å². The van der Waals surface area contributed by atoms with Gasteiger partial charge in [0, 0.05) is 26.9 Å². The van der Waals surface area contributed by atoms with Gasteiger partial charge in [-0.1, -0.05) is 21.1 Å². The van der Waals surface area contributed by atoms with Gasteiger partial charge in [-0.15, -0.1) is 0 Å². The van der Waals surface area contributed by atoms with Crippen LogP contribution in [0, 0.1) is 6.92 Å². The number of ether oxygens (including phenoxy) is 1. The number of halogens is 1. The molecule has 0 bridgehead atoms. The summed E-state index contributed by atoms with van der Waals surface area (Å²) in [6.45, 7) is 1.84. The minimum absolute atomic E-state index is 0.358. The molecular weight excluding hydrogens is 330 g/mol. The first-order chi connectivity index (χ1) is 9.08. The molecule has 1 atom stereocenters. The normalized spacial score (nSPS) is 12.4. The van der Waals surface area contributed by atoms with Crippen molar-refractivity contribution >= 4 is 26.7 Å². The van der Waals surface area contributed by atoms with E-state index in [1.165, 1.54) is 0 Å². The van der Waals surface area contributed by atoms with Crippen molar-refractivity contribution in [3.8, 4) is 5.75 Å². The molecule has 1 aromatic heterocycles. The average molecular weight is 344 g/mol. The molecule has 102 valence electrons. The van der Waals surface area contributed by atoms with E-state index in [1.54, 1.807) is 13.2 Å². The number of aryl methyl sites for hydroxylation is 1. The zero-order valence-corrected chi connectivity index (χ0v) is 13.1. The van der Waals surface area contributed by atoms with Crippen LogP contribution in [0.15, 0.2) is 33.3 Å². The van der Waals surface area contributed by atoms with Gasteiger partial charge in [0.05, 0.1) is 24.3 Å². The van der Waals surface area contributed by atoms with E-state index in [2.05, 4.69) is 21.1 Å². The lowest BCUT2D eigenvalue weighted by Gasteiger charge is -2.08. The van der Waals surface area contributed by atoms with Crippen molar-refractivity contribution in [2.24, 2.45) is 0 Å². The maximum atomic E-state index is 12.1. The van der Waals surface area contributed by atoms with Gasteiger partial charge < -0.3 is 9.26 Å². The first-order valence-electron chi connectivity index (χ1n) is 5.68. The number of aromatic nitrogens is 1. The molecule has 2 rings (SSSR count). The number of methoxy groups -OCH3 is 1. The van der Waals surface area contributed by atoms with Crippen LogP contribution in [0.2, 0.25) is 0 Å². The number of benzene rings is 1. The summed E-state index contributed by atoms with van der Waals surface area (Å²) in [7, 11) is 0.543. The van der Waals surface area contributed by atoms with Crippen molar-refractivity contribution in [3.05, 3.63) is 45.8 Å². The maximum absolute atomic E-state index is 12.1. The molecule has 0 aliphatic carbocycles. The predicted molar refractivity (Wildman–Crippen MR) is 77.5 cm³/mol. The standard InChI is InChI=1S/C13H14BrNO3S/c1-9-5-12(18-15-9)8-19(16)7-10-6-11(14)3-4-13(10)17-2/h3-6H,7-8H2,1-2H3/t19-/m1/s1. The third-order valence-electron chi connectivity index (χ3n) is 2.54. The number of hydrogen-bond acceptors (Lipinski definition) is 4. The second kappa shape index (κ2) is 6.34. The quantitative estimate of drug-likeness (QED) is 0.836. The molecule has 0 fully saturated rings. The van der Waals surface area contributed by atoms with Crippen LogP contribution in [-0.2, 0) is 22.3 Å². The van der Waals surface area contributed by atoms with E-state index < -0.39 is 10.8 Å². The molecule has 1 aromatic carbocycles. The number of hydrogen-bond donors (Lipinski definition) is 0. The fourth-order valence-electron chi connectivity index (χ4n) is 1.73. The Balaban J connectivity index is 2.08. The van der Waals surface area contributed by atoms with E-state index in [1.807, 2.05) is 25.1 Å². The van der Waals surface area contributed by atoms with Gasteiger partial charge in [-0.3, -0.25) is 4.21 Å². The van der Waals surface area contributed by atoms with E-state index in [0.717, 1.165) is 21.5 Å². The Bertz CT molecular complexity index is 597. The lowest BCUT2D eigenvalue weighted by molar-refractivity contribution is 0.390. The highest BCUT2D eigenvalue weighted by atomic mass is 79.9. The van der Waals surface area contributed by atoms with E-state index >= 15 is 0 Å². The Morgan fingerprint density at radius 3 is 2.79 bits per heavy atom. The third-order valence-corrected chi connectivity index (χ3v) is 4.27. The fourth-order valence-corrected chi connectivity index (χ4v) is 3.26. The highest BCUT2D eigenvalue weighted by molar-refractivity contribution is 9.10. The van der Waals surface area contributed by atoms with Gasteiger partial charge in [0.1, 0.15) is 11.5 Å². The average Bonchev–Trinajstić information content (AvgIpc) is 2.75. The topological polar surface area (TPSA) is 52.3 Å². The summed E-state index contributed by atoms with van der Waals surface area (Å²) < 4.78 is 23.4. The largest absolute Gasteiger partial charge is 0.496 e. The van der Waals surface area contributed by atoms with Crippen molar-refractivity contribution in [2.75, 3.05) is 7.11 Å². The first kappa shape index (κ1) is 14.3. The molecule has 2 aromatic rings. The molecule has 0 radical (unpaired) electrons. The maximum Gasteiger partial charge on any atom is 0.149 e. The molecular formula is C13H14BrNO3S. The van der Waals surface area contributed by atoms with Gasteiger partial charge in [-0.2, -0.15) is 0 Å². The summed E-state index contributed by atoms with van der Waals surface area (Å²) in [5.74, 6) is 2.16. The van der Waals surface area contributed by atoms with E-state index in [9.17, 15) is 4.21 Å². The van der Waals surface area contributed by atoms with Crippen LogP contribution in [-0.4, -0.2) is 16.5 Å². The molecule has 0 saturated carbocycles. The van der Waals surface area contributed by atoms with Crippen LogP contribution >= 0.6 is 15.9 Å². The number of nitrogens with zero attached hydrogens (tertiary/aromatic N) is 1. The van der Waals surface area contributed by atoms with Gasteiger partial charge in [-0.05, 0) is 25.1 Å². The second-order valence-corrected chi connectivity index (χ2v) is 6.49. The smallest absolute Gasteiger partial charge is 0.149 e. The Kier molecular flexibility index (Phi) is 4.76. The lowest BCUT2D eigenvalue weighted by Crippen LogP contribution is -2.01. The van der Waals surface area contributed by atoms with Crippen molar-refractivity contribution in [1.82, 2.24) is 5.16 Å². The second-order valence-electron chi connectivity index (χ2n) is 4.12. The molecule has 4 nitrogen and oxygen atoms in total. The summed E-state index contributed by atoms with van der Waals surface area (Å²) in [5.41, 5.74) is 1.71. The molecule has 1 heterocycles. The molecule has 0 aliphatic rings. The summed E-state index contributed by atoms with van der Waals surface area (Å²) in [6, 6.07) is 7.47. The van der Waals surface area contributed by atoms with Gasteiger partial charge in [0.2, 0.25) is 0 Å². The van der Waals surface area contributed by atoms with Crippen LogP contribution in [0.3, 0.4) is 0 Å². The summed E-state index contributed by atoms with van der Waals surface area (Å²) in [4.78, 5) is 0. The third kappa shape index (κ3) is 3.91. The Morgan fingerprint density at radius 1 is 1.37 bits per heavy atom. The fraction of sp³-hybridized carbons (Fsp3) is 0.308. The zero-order chi connectivity index (χ0) is 13.8. The van der Waals surface area contributed by atoms with E-state index in [4.69, 9.17) is 9.26 Å². The lowest BCUT2D eigenvalue weighted by atomic mass is 10.2. The monoisotopic (exact) mass is 343 g/mol. The van der Waals surface area contributed by atoms with Gasteiger partial charge in [0.15, 0.2) is 0 Å². The molecule has 0 amide bonds. The predicted octanol–water partition coefficient (Wildman–Crippen LogP) is 3.20. The van der Waals surface area contributed by atoms with Crippen molar-refractivity contribution in [3.63, 3.8) is 0 Å². The zero-order valence-electron chi connectivity index (χ0n) is 10.7. The first-order valence-corrected chi connectivity index (χ1v) is 7.96. The number of rotatable bonds is 5. The van der Waals surface area contributed by atoms with Crippen molar-refractivity contribution in [2.45, 2.75) is 18.4 Å². The SMILES string of the molecule is COc1ccc(Br)cc1C[S@@](=O)Cc1cc(C)no1. The molecule has 6 heteroatoms. The minimum Gasteiger partial charge on any atom is -0.496 e. The molecule has 0 spiro atoms. The van der Waals surface area contributed by atoms with Gasteiger partial charge in [-0.25, -0.2) is 0 Å². The molecule has 0 N–H and O–H groups in total. The highest BCUT2D eigenvalue weighted by Crippen LogP contribution is 2.24. The molecule has 19 heavy (non-hydrogen) atoms. The molecule has 0 aliphatic heterocycles. The van der Waals surface area contributed by atoms with Crippen LogP contribution < -0.4 is 4.74 Å². The summed E-state index contributed by atoms with van der Waals surface area (Å²) >= 11 is 3.40. The van der Waals surface area contributed by atoms with Crippen LogP contribution in [0.1, 0.15) is 17.0 Å². The summed E-state index contributed by atoms with van der Waals surface area (Å²) in [6.07, 6.45) is 0. The van der Waals surface area contributed by atoms with Crippen molar-refractivity contribution < 1.29 is 13.5 Å². The Morgan fingerprint density at radius 2 is 2.16 bits per heavy atom. The van der Waals surface area contributed by atoms with Crippen molar-refractivity contribution in [1.29, 1.82) is 0 Å². The minimum atomic E-state index is -1.06. The van der Waals surface area contributed by atoms with Crippen LogP contribution in [0.5, 0.6) is 5.75 Å². The Labute approximate surface area is 122 Å². The van der Waals surface area contributed by atoms with E-state index in [0.29, 0.717) is 17.3 Å². The van der Waals surface area contributed by atoms with Crippen LogP contribution in [0.4, 0.5) is 0 Å². The Hall–Kier alpha value is -1.14. The summed E-state index contributed by atoms with van der Waals surface area (Å²) in [5, 5.41) is 3.78. The molecule has 0 unspecified atom stereocenters. The van der Waals surface area contributed by atoms with E-state index in [-0.39, 0.29) is 0 Å². The highest BCUT2D eigenvalue weighted by Gasteiger charge is 2.11. The van der Waals surface area contributed by atoms with Crippen LogP contribution in [0.25, 0.3) is 0 Å². The molecule has 0 saturated heterocycles. The van der Waals surface area contributed by atoms with Gasteiger partial charge in [0.25, 0.3) is 0 Å².